The van der Waals surface area contributed by atoms with Gasteiger partial charge in [0, 0.05) is 32.7 Å². The summed E-state index contributed by atoms with van der Waals surface area (Å²) in [6, 6.07) is 14.3. The zero-order valence-corrected chi connectivity index (χ0v) is 15.6. The van der Waals surface area contributed by atoms with Crippen LogP contribution in [-0.4, -0.2) is 55.0 Å². The molecule has 1 heterocycles. The summed E-state index contributed by atoms with van der Waals surface area (Å²) < 4.78 is 18.8. The molecule has 0 bridgehead atoms. The number of hydrogen-bond donors (Lipinski definition) is 1. The highest BCUT2D eigenvalue weighted by molar-refractivity contribution is 5.82. The minimum atomic E-state index is -0.519. The highest BCUT2D eigenvalue weighted by Crippen LogP contribution is 2.19. The van der Waals surface area contributed by atoms with Gasteiger partial charge in [-0.15, -0.1) is 0 Å². The van der Waals surface area contributed by atoms with Crippen LogP contribution in [0.5, 0.6) is 5.75 Å². The van der Waals surface area contributed by atoms with Crippen LogP contribution in [0.2, 0.25) is 0 Å². The van der Waals surface area contributed by atoms with E-state index in [9.17, 15) is 9.18 Å². The number of piperazine rings is 1. The maximum atomic E-state index is 13.8. The zero-order valence-electron chi connectivity index (χ0n) is 15.6. The summed E-state index contributed by atoms with van der Waals surface area (Å²) in [4.78, 5) is 16.6. The number of nitrogens with zero attached hydrogens (tertiary/aromatic N) is 2. The Morgan fingerprint density at radius 1 is 1.11 bits per heavy atom. The molecule has 1 fully saturated rings. The molecule has 6 heteroatoms. The van der Waals surface area contributed by atoms with Crippen LogP contribution in [-0.2, 0) is 17.8 Å². The van der Waals surface area contributed by atoms with Gasteiger partial charge in [-0.2, -0.15) is 0 Å². The number of amides is 1. The van der Waals surface area contributed by atoms with Crippen molar-refractivity contribution in [1.29, 1.82) is 0 Å². The molecule has 0 aliphatic carbocycles. The molecule has 2 aromatic carbocycles. The van der Waals surface area contributed by atoms with Gasteiger partial charge in [0.1, 0.15) is 0 Å². The molecule has 1 unspecified atom stereocenters. The third-order valence-corrected chi connectivity index (χ3v) is 4.92. The number of carbonyl (C=O) groups is 1. The SMILES string of the molecule is COc1ccc(CN2CCN(C(=O)C(N)Cc3ccccc3)CC2)cc1F. The van der Waals surface area contributed by atoms with E-state index in [1.54, 1.807) is 6.07 Å². The van der Waals surface area contributed by atoms with Crippen LogP contribution in [0.4, 0.5) is 4.39 Å². The molecule has 1 saturated heterocycles. The Kier molecular flexibility index (Phi) is 6.42. The van der Waals surface area contributed by atoms with Gasteiger partial charge < -0.3 is 15.4 Å². The van der Waals surface area contributed by atoms with Crippen LogP contribution in [0, 0.1) is 5.82 Å². The van der Waals surface area contributed by atoms with E-state index in [2.05, 4.69) is 4.90 Å². The fourth-order valence-electron chi connectivity index (χ4n) is 3.38. The Morgan fingerprint density at radius 3 is 2.44 bits per heavy atom. The minimum absolute atomic E-state index is 0.00556. The van der Waals surface area contributed by atoms with E-state index in [0.717, 1.165) is 24.2 Å². The summed E-state index contributed by atoms with van der Waals surface area (Å²) in [5.41, 5.74) is 8.09. The van der Waals surface area contributed by atoms with Crippen molar-refractivity contribution in [2.24, 2.45) is 5.73 Å². The molecule has 2 aromatic rings. The Labute approximate surface area is 159 Å². The van der Waals surface area contributed by atoms with E-state index >= 15 is 0 Å². The minimum Gasteiger partial charge on any atom is -0.494 e. The highest BCUT2D eigenvalue weighted by atomic mass is 19.1. The molecule has 0 spiro atoms. The molecule has 1 amide bonds. The fourth-order valence-corrected chi connectivity index (χ4v) is 3.38. The normalized spacial score (nSPS) is 16.2. The van der Waals surface area contributed by atoms with Gasteiger partial charge in [-0.3, -0.25) is 9.69 Å². The molecule has 1 aliphatic heterocycles. The van der Waals surface area contributed by atoms with Crippen molar-refractivity contribution >= 4 is 5.91 Å². The first-order chi connectivity index (χ1) is 13.1. The van der Waals surface area contributed by atoms with Gasteiger partial charge in [0.05, 0.1) is 13.2 Å². The van der Waals surface area contributed by atoms with Crippen LogP contribution in [0.1, 0.15) is 11.1 Å². The van der Waals surface area contributed by atoms with Crippen molar-refractivity contribution < 1.29 is 13.9 Å². The van der Waals surface area contributed by atoms with Gasteiger partial charge in [0.2, 0.25) is 5.91 Å². The number of rotatable bonds is 6. The second-order valence-corrected chi connectivity index (χ2v) is 6.87. The third-order valence-electron chi connectivity index (χ3n) is 4.92. The summed E-state index contributed by atoms with van der Waals surface area (Å²) in [6.45, 7) is 3.42. The van der Waals surface area contributed by atoms with Crippen LogP contribution in [0.25, 0.3) is 0 Å². The van der Waals surface area contributed by atoms with Crippen LogP contribution in [0.15, 0.2) is 48.5 Å². The molecular formula is C21H26FN3O2. The number of halogens is 1. The van der Waals surface area contributed by atoms with Gasteiger partial charge in [0.15, 0.2) is 11.6 Å². The van der Waals surface area contributed by atoms with Crippen LogP contribution in [0.3, 0.4) is 0 Å². The van der Waals surface area contributed by atoms with Gasteiger partial charge >= 0.3 is 0 Å². The largest absolute Gasteiger partial charge is 0.494 e. The Hall–Kier alpha value is -2.44. The van der Waals surface area contributed by atoms with Crippen molar-refractivity contribution in [2.75, 3.05) is 33.3 Å². The van der Waals surface area contributed by atoms with Crippen molar-refractivity contribution in [3.05, 3.63) is 65.5 Å². The molecule has 144 valence electrons. The molecule has 1 aliphatic rings. The standard InChI is InChI=1S/C21H26FN3O2/c1-27-20-8-7-17(13-18(20)22)15-24-9-11-25(12-10-24)21(26)19(23)14-16-5-3-2-4-6-16/h2-8,13,19H,9-12,14-15,23H2,1H3. The summed E-state index contributed by atoms with van der Waals surface area (Å²) in [6.07, 6.45) is 0.547. The Balaban J connectivity index is 1.49. The molecule has 3 rings (SSSR count). The number of benzene rings is 2. The predicted molar refractivity (Wildman–Crippen MR) is 103 cm³/mol. The molecule has 27 heavy (non-hydrogen) atoms. The number of nitrogens with two attached hydrogens (primary N) is 1. The van der Waals surface area contributed by atoms with Crippen LogP contribution < -0.4 is 10.5 Å². The molecule has 1 atom stereocenters. The lowest BCUT2D eigenvalue weighted by Gasteiger charge is -2.36. The molecule has 2 N–H and O–H groups in total. The van der Waals surface area contributed by atoms with Gasteiger partial charge in [-0.25, -0.2) is 4.39 Å². The topological polar surface area (TPSA) is 58.8 Å². The maximum Gasteiger partial charge on any atom is 0.239 e. The lowest BCUT2D eigenvalue weighted by Crippen LogP contribution is -2.53. The number of ether oxygens (including phenoxy) is 1. The van der Waals surface area contributed by atoms with E-state index in [1.807, 2.05) is 41.3 Å². The maximum absolute atomic E-state index is 13.8. The fraction of sp³-hybridized carbons (Fsp3) is 0.381. The van der Waals surface area contributed by atoms with Crippen molar-refractivity contribution in [2.45, 2.75) is 19.0 Å². The first-order valence-electron chi connectivity index (χ1n) is 9.20. The first-order valence-corrected chi connectivity index (χ1v) is 9.20. The van der Waals surface area contributed by atoms with Gasteiger partial charge in [-0.05, 0) is 29.7 Å². The molecule has 0 aromatic heterocycles. The third kappa shape index (κ3) is 5.05. The summed E-state index contributed by atoms with van der Waals surface area (Å²) >= 11 is 0. The number of methoxy groups -OCH3 is 1. The summed E-state index contributed by atoms with van der Waals surface area (Å²) in [5, 5.41) is 0. The Bertz CT molecular complexity index is 761. The van der Waals surface area contributed by atoms with E-state index in [0.29, 0.717) is 26.1 Å². The van der Waals surface area contributed by atoms with Crippen molar-refractivity contribution in [1.82, 2.24) is 9.80 Å². The van der Waals surface area contributed by atoms with E-state index < -0.39 is 6.04 Å². The lowest BCUT2D eigenvalue weighted by atomic mass is 10.1. The van der Waals surface area contributed by atoms with E-state index in [1.165, 1.54) is 13.2 Å². The summed E-state index contributed by atoms with van der Waals surface area (Å²) in [7, 11) is 1.46. The molecule has 5 nitrogen and oxygen atoms in total. The average molecular weight is 371 g/mol. The molecular weight excluding hydrogens is 345 g/mol. The second kappa shape index (κ2) is 8.97. The molecule has 0 saturated carbocycles. The van der Waals surface area contributed by atoms with E-state index in [-0.39, 0.29) is 17.5 Å². The van der Waals surface area contributed by atoms with Crippen molar-refractivity contribution in [3.8, 4) is 5.75 Å². The number of carbonyl (C=O) groups excluding carboxylic acids is 1. The average Bonchev–Trinajstić information content (AvgIpc) is 2.69. The Morgan fingerprint density at radius 2 is 1.81 bits per heavy atom. The van der Waals surface area contributed by atoms with Gasteiger partial charge in [-0.1, -0.05) is 36.4 Å². The first kappa shape index (κ1) is 19.3. The lowest BCUT2D eigenvalue weighted by molar-refractivity contribution is -0.134. The smallest absolute Gasteiger partial charge is 0.239 e. The highest BCUT2D eigenvalue weighted by Gasteiger charge is 2.25. The summed E-state index contributed by atoms with van der Waals surface area (Å²) in [5.74, 6) is -0.105. The van der Waals surface area contributed by atoms with Gasteiger partial charge in [0.25, 0.3) is 0 Å². The monoisotopic (exact) mass is 371 g/mol. The predicted octanol–water partition coefficient (Wildman–Crippen LogP) is 2.05. The van der Waals surface area contributed by atoms with E-state index in [4.69, 9.17) is 10.5 Å². The quantitative estimate of drug-likeness (QED) is 0.844. The zero-order chi connectivity index (χ0) is 19.2. The molecule has 0 radical (unpaired) electrons. The number of hydrogen-bond acceptors (Lipinski definition) is 4. The van der Waals surface area contributed by atoms with Crippen molar-refractivity contribution in [3.63, 3.8) is 0 Å². The van der Waals surface area contributed by atoms with Crippen LogP contribution >= 0.6 is 0 Å². The second-order valence-electron chi connectivity index (χ2n) is 6.87.